The van der Waals surface area contributed by atoms with Gasteiger partial charge in [-0.2, -0.15) is 4.31 Å². The fraction of sp³-hybridized carbons (Fsp3) is 1.00. The fourth-order valence-corrected chi connectivity index (χ4v) is 4.14. The Kier molecular flexibility index (Phi) is 3.56. The molecule has 0 aromatic rings. The summed E-state index contributed by atoms with van der Waals surface area (Å²) in [5, 5.41) is -0.326. The molecule has 2 aliphatic rings. The second-order valence-electron chi connectivity index (χ2n) is 4.97. The quantitative estimate of drug-likeness (QED) is 0.740. The van der Waals surface area contributed by atoms with E-state index in [0.29, 0.717) is 13.2 Å². The molecule has 0 amide bonds. The Hall–Kier alpha value is -0.130. The maximum Gasteiger partial charge on any atom is 0.216 e. The topological polar surface area (TPSA) is 46.6 Å². The monoisotopic (exact) mass is 247 g/mol. The van der Waals surface area contributed by atoms with E-state index in [1.165, 1.54) is 0 Å². The number of fused-ring (bicyclic) bond motifs is 1. The minimum Gasteiger partial charge on any atom is -0.375 e. The largest absolute Gasteiger partial charge is 0.375 e. The smallest absolute Gasteiger partial charge is 0.216 e. The van der Waals surface area contributed by atoms with Gasteiger partial charge in [0, 0.05) is 6.54 Å². The highest BCUT2D eigenvalue weighted by Crippen LogP contribution is 2.31. The van der Waals surface area contributed by atoms with Gasteiger partial charge in [-0.3, -0.25) is 0 Å². The zero-order valence-electron chi connectivity index (χ0n) is 10.1. The van der Waals surface area contributed by atoms with Crippen LogP contribution in [-0.4, -0.2) is 43.3 Å². The molecule has 0 bridgehead atoms. The van der Waals surface area contributed by atoms with Crippen molar-refractivity contribution >= 4 is 10.0 Å². The maximum atomic E-state index is 12.2. The van der Waals surface area contributed by atoms with E-state index in [0.717, 1.165) is 25.7 Å². The Morgan fingerprint density at radius 1 is 1.25 bits per heavy atom. The Labute approximate surface area is 98.0 Å². The van der Waals surface area contributed by atoms with Gasteiger partial charge in [-0.25, -0.2) is 8.42 Å². The van der Waals surface area contributed by atoms with E-state index in [1.807, 2.05) is 0 Å². The van der Waals surface area contributed by atoms with Crippen LogP contribution < -0.4 is 0 Å². The van der Waals surface area contributed by atoms with Gasteiger partial charge >= 0.3 is 0 Å². The van der Waals surface area contributed by atoms with Gasteiger partial charge in [0.1, 0.15) is 0 Å². The van der Waals surface area contributed by atoms with Gasteiger partial charge in [-0.15, -0.1) is 0 Å². The molecule has 1 aliphatic heterocycles. The lowest BCUT2D eigenvalue weighted by Gasteiger charge is -2.43. The van der Waals surface area contributed by atoms with E-state index >= 15 is 0 Å². The number of hydrogen-bond acceptors (Lipinski definition) is 3. The second kappa shape index (κ2) is 4.63. The summed E-state index contributed by atoms with van der Waals surface area (Å²) in [6.45, 7) is 4.58. The van der Waals surface area contributed by atoms with E-state index in [9.17, 15) is 8.42 Å². The van der Waals surface area contributed by atoms with Crippen LogP contribution >= 0.6 is 0 Å². The lowest BCUT2D eigenvalue weighted by molar-refractivity contribution is -0.0588. The second-order valence-corrected chi connectivity index (χ2v) is 7.41. The molecule has 2 fully saturated rings. The minimum absolute atomic E-state index is 0.0925. The standard InChI is InChI=1S/C11H21NO3S/c1-9(2)16(13,14)12-7-8-15-11-6-4-3-5-10(11)12/h9-11H,3-8H2,1-2H3. The number of ether oxygens (including phenoxy) is 1. The van der Waals surface area contributed by atoms with Crippen molar-refractivity contribution in [2.24, 2.45) is 0 Å². The molecule has 0 spiro atoms. The van der Waals surface area contributed by atoms with Gasteiger partial charge in [-0.1, -0.05) is 12.8 Å². The lowest BCUT2D eigenvalue weighted by Crippen LogP contribution is -2.56. The molecular formula is C11H21NO3S. The minimum atomic E-state index is -3.12. The highest BCUT2D eigenvalue weighted by Gasteiger charge is 2.41. The van der Waals surface area contributed by atoms with Crippen molar-refractivity contribution in [1.29, 1.82) is 0 Å². The van der Waals surface area contributed by atoms with Gasteiger partial charge in [0.25, 0.3) is 0 Å². The van der Waals surface area contributed by atoms with Gasteiger partial charge in [-0.05, 0) is 26.7 Å². The van der Waals surface area contributed by atoms with Crippen LogP contribution in [0.15, 0.2) is 0 Å². The third kappa shape index (κ3) is 2.13. The molecule has 1 aliphatic carbocycles. The summed E-state index contributed by atoms with van der Waals surface area (Å²) in [5.74, 6) is 0. The fourth-order valence-electron chi connectivity index (χ4n) is 2.65. The van der Waals surface area contributed by atoms with Crippen molar-refractivity contribution in [3.05, 3.63) is 0 Å². The molecule has 0 aromatic carbocycles. The maximum absolute atomic E-state index is 12.2. The van der Waals surface area contributed by atoms with E-state index in [-0.39, 0.29) is 17.4 Å². The molecule has 0 N–H and O–H groups in total. The molecule has 5 heteroatoms. The third-order valence-corrected chi connectivity index (χ3v) is 5.90. The number of sulfonamides is 1. The summed E-state index contributed by atoms with van der Waals surface area (Å²) in [6.07, 6.45) is 4.38. The first kappa shape index (κ1) is 12.3. The predicted molar refractivity (Wildman–Crippen MR) is 62.8 cm³/mol. The molecular weight excluding hydrogens is 226 g/mol. The van der Waals surface area contributed by atoms with Gasteiger partial charge in [0.15, 0.2) is 0 Å². The molecule has 94 valence electrons. The van der Waals surface area contributed by atoms with Crippen LogP contribution in [0.3, 0.4) is 0 Å². The van der Waals surface area contributed by atoms with Crippen LogP contribution in [0.5, 0.6) is 0 Å². The Bertz CT molecular complexity index is 337. The van der Waals surface area contributed by atoms with Crippen LogP contribution in [0.25, 0.3) is 0 Å². The molecule has 2 rings (SSSR count). The third-order valence-electron chi connectivity index (χ3n) is 3.60. The van der Waals surface area contributed by atoms with E-state index in [2.05, 4.69) is 0 Å². The zero-order chi connectivity index (χ0) is 11.8. The normalized spacial score (nSPS) is 32.7. The number of rotatable bonds is 2. The van der Waals surface area contributed by atoms with Crippen molar-refractivity contribution in [2.75, 3.05) is 13.2 Å². The molecule has 1 heterocycles. The van der Waals surface area contributed by atoms with Gasteiger partial charge in [0.2, 0.25) is 10.0 Å². The van der Waals surface area contributed by atoms with Crippen molar-refractivity contribution in [1.82, 2.24) is 4.31 Å². The van der Waals surface area contributed by atoms with Gasteiger partial charge in [0.05, 0.1) is 24.0 Å². The molecule has 2 atom stereocenters. The van der Waals surface area contributed by atoms with Crippen molar-refractivity contribution < 1.29 is 13.2 Å². The van der Waals surface area contributed by atoms with Crippen LogP contribution in [-0.2, 0) is 14.8 Å². The van der Waals surface area contributed by atoms with Crippen LogP contribution in [0, 0.1) is 0 Å². The predicted octanol–water partition coefficient (Wildman–Crippen LogP) is 1.37. The Balaban J connectivity index is 2.20. The molecule has 4 nitrogen and oxygen atoms in total. The van der Waals surface area contributed by atoms with Crippen molar-refractivity contribution in [3.63, 3.8) is 0 Å². The summed E-state index contributed by atoms with van der Waals surface area (Å²) in [5.41, 5.74) is 0. The van der Waals surface area contributed by atoms with E-state index in [4.69, 9.17) is 4.74 Å². The summed E-state index contributed by atoms with van der Waals surface area (Å²) in [6, 6.07) is 0.0925. The molecule has 0 radical (unpaired) electrons. The first-order chi connectivity index (χ1) is 7.53. The SMILES string of the molecule is CC(C)S(=O)(=O)N1CCOC2CCCCC21. The Morgan fingerprint density at radius 3 is 2.62 bits per heavy atom. The van der Waals surface area contributed by atoms with Gasteiger partial charge < -0.3 is 4.74 Å². The average molecular weight is 247 g/mol. The number of hydrogen-bond donors (Lipinski definition) is 0. The lowest BCUT2D eigenvalue weighted by atomic mass is 9.91. The summed E-state index contributed by atoms with van der Waals surface area (Å²) >= 11 is 0. The van der Waals surface area contributed by atoms with E-state index < -0.39 is 10.0 Å². The highest BCUT2D eigenvalue weighted by atomic mass is 32.2. The van der Waals surface area contributed by atoms with E-state index in [1.54, 1.807) is 18.2 Å². The van der Waals surface area contributed by atoms with Crippen molar-refractivity contribution in [2.45, 2.75) is 56.9 Å². The highest BCUT2D eigenvalue weighted by molar-refractivity contribution is 7.89. The summed E-state index contributed by atoms with van der Waals surface area (Å²) in [4.78, 5) is 0. The van der Waals surface area contributed by atoms with Crippen molar-refractivity contribution in [3.8, 4) is 0 Å². The number of morpholine rings is 1. The first-order valence-electron chi connectivity index (χ1n) is 6.15. The first-order valence-corrected chi connectivity index (χ1v) is 7.66. The molecule has 1 saturated carbocycles. The average Bonchev–Trinajstić information content (AvgIpc) is 2.28. The summed E-state index contributed by atoms with van der Waals surface area (Å²) in [7, 11) is -3.12. The molecule has 2 unspecified atom stereocenters. The molecule has 16 heavy (non-hydrogen) atoms. The Morgan fingerprint density at radius 2 is 1.94 bits per heavy atom. The van der Waals surface area contributed by atoms with Crippen LogP contribution in [0.2, 0.25) is 0 Å². The van der Waals surface area contributed by atoms with Crippen LogP contribution in [0.1, 0.15) is 39.5 Å². The summed E-state index contributed by atoms with van der Waals surface area (Å²) < 4.78 is 31.8. The molecule has 1 saturated heterocycles. The van der Waals surface area contributed by atoms with Crippen LogP contribution in [0.4, 0.5) is 0 Å². The zero-order valence-corrected chi connectivity index (χ0v) is 10.9. The molecule has 0 aromatic heterocycles. The number of nitrogens with zero attached hydrogens (tertiary/aromatic N) is 1.